The topological polar surface area (TPSA) is 13.1 Å². The monoisotopic (exact) mass is 580 g/mol. The van der Waals surface area contributed by atoms with Gasteiger partial charge in [0.1, 0.15) is 10.8 Å². The second kappa shape index (κ2) is 9.27. The predicted molar refractivity (Wildman–Crippen MR) is 184 cm³/mol. The highest BCUT2D eigenvalue weighted by Gasteiger charge is 2.59. The molecule has 9 rings (SSSR count). The van der Waals surface area contributed by atoms with Gasteiger partial charge in [0.05, 0.1) is 0 Å². The molecule has 0 amide bonds. The van der Waals surface area contributed by atoms with E-state index in [9.17, 15) is 0 Å². The van der Waals surface area contributed by atoms with E-state index < -0.39 is 16.1 Å². The van der Waals surface area contributed by atoms with Gasteiger partial charge in [-0.1, -0.05) is 170 Å². The van der Waals surface area contributed by atoms with E-state index in [-0.39, 0.29) is 0 Å². The molecule has 7 aromatic rings. The van der Waals surface area contributed by atoms with Gasteiger partial charge in [-0.3, -0.25) is 0 Å². The van der Waals surface area contributed by atoms with Crippen LogP contribution in [0.4, 0.5) is 0 Å². The van der Waals surface area contributed by atoms with Crippen LogP contribution >= 0.6 is 0 Å². The first-order chi connectivity index (χ1) is 21.4. The van der Waals surface area contributed by atoms with Gasteiger partial charge >= 0.3 is 0 Å². The van der Waals surface area contributed by atoms with Crippen molar-refractivity contribution >= 4 is 58.0 Å². The van der Waals surface area contributed by atoms with E-state index in [0.717, 1.165) is 0 Å². The maximum Gasteiger partial charge on any atom is 0.225 e. The van der Waals surface area contributed by atoms with Crippen LogP contribution < -0.4 is 41.9 Å². The number of hydrogen-bond donors (Lipinski definition) is 0. The normalized spacial score (nSPS) is 14.9. The molecule has 1 aromatic heterocycles. The average molecular weight is 581 g/mol. The molecular weight excluding hydrogens is 553 g/mol. The number of benzene rings is 6. The van der Waals surface area contributed by atoms with Crippen molar-refractivity contribution in [2.45, 2.75) is 0 Å². The SMILES string of the molecule is c1ccc([Si]2(c3ccccc3)c3ccccc3-c3c2oc2c3-c3ccccc3[Si]2(c2ccccc2)c2ccccc2)cc1. The average Bonchev–Trinajstić information content (AvgIpc) is 3.71. The molecule has 0 radical (unpaired) electrons. The minimum Gasteiger partial charge on any atom is -0.472 e. The minimum atomic E-state index is -2.75. The van der Waals surface area contributed by atoms with Gasteiger partial charge in [-0.15, -0.1) is 0 Å². The van der Waals surface area contributed by atoms with E-state index in [1.54, 1.807) is 0 Å². The lowest BCUT2D eigenvalue weighted by atomic mass is 9.99. The fourth-order valence-electron chi connectivity index (χ4n) is 8.01. The fraction of sp³-hybridized carbons (Fsp3) is 0. The number of rotatable bonds is 4. The van der Waals surface area contributed by atoms with Gasteiger partial charge in [0.15, 0.2) is 0 Å². The Morgan fingerprint density at radius 2 is 0.581 bits per heavy atom. The van der Waals surface area contributed by atoms with Crippen LogP contribution in [0.5, 0.6) is 0 Å². The molecule has 0 aliphatic carbocycles. The highest BCUT2D eigenvalue weighted by molar-refractivity contribution is 7.24. The second-order valence-corrected chi connectivity index (χ2v) is 18.9. The largest absolute Gasteiger partial charge is 0.472 e. The summed E-state index contributed by atoms with van der Waals surface area (Å²) in [5.74, 6) is 0. The van der Waals surface area contributed by atoms with Crippen LogP contribution in [0.25, 0.3) is 22.3 Å². The summed E-state index contributed by atoms with van der Waals surface area (Å²) in [6.07, 6.45) is 0. The molecule has 0 fully saturated rings. The number of fused-ring (bicyclic) bond motifs is 7. The molecule has 3 heterocycles. The first-order valence-corrected chi connectivity index (χ1v) is 19.0. The lowest BCUT2D eigenvalue weighted by molar-refractivity contribution is 0.635. The summed E-state index contributed by atoms with van der Waals surface area (Å²) in [5, 5.41) is 10.6. The standard InChI is InChI=1S/C40H28OSi2/c1-5-17-29(18-6-1)42(30-19-7-2-8-20-30)35-27-15-13-25-33(35)37-38-34-26-14-16-28-36(34)43(40(38)41-39(37)42,31-21-9-3-10-22-31)32-23-11-4-12-24-32/h1-28H. The first-order valence-electron chi connectivity index (χ1n) is 15.0. The zero-order chi connectivity index (χ0) is 28.4. The summed E-state index contributed by atoms with van der Waals surface area (Å²) in [4.78, 5) is 0. The second-order valence-electron chi connectivity index (χ2n) is 11.6. The molecular formula is C40H28OSi2. The van der Waals surface area contributed by atoms with E-state index in [1.165, 1.54) is 64.1 Å². The zero-order valence-electron chi connectivity index (χ0n) is 23.6. The van der Waals surface area contributed by atoms with Crippen LogP contribution in [0.2, 0.25) is 0 Å². The summed E-state index contributed by atoms with van der Waals surface area (Å²) in [6.45, 7) is 0. The Kier molecular flexibility index (Phi) is 5.31. The molecule has 1 nitrogen and oxygen atoms in total. The Labute approximate surface area is 253 Å². The van der Waals surface area contributed by atoms with Gasteiger partial charge in [-0.2, -0.15) is 0 Å². The lowest BCUT2D eigenvalue weighted by Crippen LogP contribution is -2.75. The van der Waals surface area contributed by atoms with Crippen molar-refractivity contribution in [3.63, 3.8) is 0 Å². The maximum atomic E-state index is 7.71. The molecule has 0 spiro atoms. The Balaban J connectivity index is 1.49. The van der Waals surface area contributed by atoms with Crippen LogP contribution in [-0.2, 0) is 0 Å². The molecule has 6 aromatic carbocycles. The van der Waals surface area contributed by atoms with Crippen molar-refractivity contribution in [3.05, 3.63) is 170 Å². The van der Waals surface area contributed by atoms with Gasteiger partial charge in [0, 0.05) is 11.1 Å². The first kappa shape index (κ1) is 24.6. The van der Waals surface area contributed by atoms with Crippen molar-refractivity contribution in [3.8, 4) is 22.3 Å². The number of hydrogen-bond acceptors (Lipinski definition) is 1. The molecule has 0 saturated heterocycles. The Bertz CT molecular complexity index is 1880. The van der Waals surface area contributed by atoms with E-state index >= 15 is 0 Å². The van der Waals surface area contributed by atoms with Crippen molar-refractivity contribution < 1.29 is 4.42 Å². The van der Waals surface area contributed by atoms with Gasteiger partial charge in [-0.25, -0.2) is 0 Å². The van der Waals surface area contributed by atoms with Crippen LogP contribution in [0.1, 0.15) is 0 Å². The molecule has 0 saturated carbocycles. The van der Waals surface area contributed by atoms with Crippen LogP contribution in [0, 0.1) is 0 Å². The van der Waals surface area contributed by atoms with Gasteiger partial charge in [-0.05, 0) is 42.2 Å². The Morgan fingerprint density at radius 1 is 0.302 bits per heavy atom. The maximum absolute atomic E-state index is 7.71. The molecule has 43 heavy (non-hydrogen) atoms. The lowest BCUT2D eigenvalue weighted by Gasteiger charge is -2.31. The van der Waals surface area contributed by atoms with Crippen LogP contribution in [-0.4, -0.2) is 16.1 Å². The molecule has 0 N–H and O–H groups in total. The molecule has 3 heteroatoms. The smallest absolute Gasteiger partial charge is 0.225 e. The third kappa shape index (κ3) is 3.10. The highest BCUT2D eigenvalue weighted by atomic mass is 28.3. The van der Waals surface area contributed by atoms with Gasteiger partial charge < -0.3 is 4.42 Å². The third-order valence-electron chi connectivity index (χ3n) is 9.62. The Morgan fingerprint density at radius 3 is 0.907 bits per heavy atom. The summed E-state index contributed by atoms with van der Waals surface area (Å²) in [5.41, 5.74) is 5.25. The predicted octanol–water partition coefficient (Wildman–Crippen LogP) is 4.00. The quantitative estimate of drug-likeness (QED) is 0.287. The summed E-state index contributed by atoms with van der Waals surface area (Å²) in [6, 6.07) is 62.8. The van der Waals surface area contributed by atoms with Crippen molar-refractivity contribution in [1.29, 1.82) is 0 Å². The van der Waals surface area contributed by atoms with Crippen molar-refractivity contribution in [2.75, 3.05) is 0 Å². The van der Waals surface area contributed by atoms with Crippen molar-refractivity contribution in [1.82, 2.24) is 0 Å². The molecule has 0 atom stereocenters. The van der Waals surface area contributed by atoms with E-state index in [1.807, 2.05) is 0 Å². The highest BCUT2D eigenvalue weighted by Crippen LogP contribution is 2.40. The van der Waals surface area contributed by atoms with E-state index in [2.05, 4.69) is 170 Å². The van der Waals surface area contributed by atoms with Crippen LogP contribution in [0.3, 0.4) is 0 Å². The molecule has 2 aliphatic rings. The van der Waals surface area contributed by atoms with Crippen molar-refractivity contribution in [2.24, 2.45) is 0 Å². The van der Waals surface area contributed by atoms with Crippen LogP contribution in [0.15, 0.2) is 174 Å². The summed E-state index contributed by atoms with van der Waals surface area (Å²) in [7, 11) is -5.50. The fourth-order valence-corrected chi connectivity index (χ4v) is 18.0. The van der Waals surface area contributed by atoms with Gasteiger partial charge in [0.2, 0.25) is 16.1 Å². The van der Waals surface area contributed by atoms with E-state index in [0.29, 0.717) is 0 Å². The molecule has 0 unspecified atom stereocenters. The zero-order valence-corrected chi connectivity index (χ0v) is 25.6. The third-order valence-corrected chi connectivity index (χ3v) is 19.0. The molecule has 202 valence electrons. The van der Waals surface area contributed by atoms with E-state index in [4.69, 9.17) is 4.42 Å². The summed E-state index contributed by atoms with van der Waals surface area (Å²) >= 11 is 0. The molecule has 0 bridgehead atoms. The van der Waals surface area contributed by atoms with Gasteiger partial charge in [0.25, 0.3) is 0 Å². The summed E-state index contributed by atoms with van der Waals surface area (Å²) < 4.78 is 7.71. The Hall–Kier alpha value is -4.97. The number of furan rings is 1. The minimum absolute atomic E-state index is 1.18. The molecule has 2 aliphatic heterocycles.